The highest BCUT2D eigenvalue weighted by molar-refractivity contribution is 6.74. The molecular formula is C28H32N4O3Si. The average Bonchev–Trinajstić information content (AvgIpc) is 3.18. The number of nitrogens with one attached hydrogen (secondary N) is 2. The van der Waals surface area contributed by atoms with E-state index >= 15 is 0 Å². The van der Waals surface area contributed by atoms with Crippen molar-refractivity contribution in [2.45, 2.75) is 38.9 Å². The minimum absolute atomic E-state index is 0.0752. The molecule has 0 fully saturated rings. The molecule has 0 aliphatic rings. The Morgan fingerprint density at radius 2 is 1.53 bits per heavy atom. The number of amides is 3. The van der Waals surface area contributed by atoms with Crippen LogP contribution in [0.1, 0.15) is 20.8 Å². The molecule has 0 bridgehead atoms. The number of hydrogen-bond acceptors (Lipinski definition) is 3. The van der Waals surface area contributed by atoms with Gasteiger partial charge in [-0.25, -0.2) is 9.59 Å². The Labute approximate surface area is 212 Å². The lowest BCUT2D eigenvalue weighted by Gasteiger charge is -2.36. The molecule has 0 aliphatic heterocycles. The van der Waals surface area contributed by atoms with Gasteiger partial charge < -0.3 is 20.8 Å². The predicted molar refractivity (Wildman–Crippen MR) is 149 cm³/mol. The number of aromatic nitrogens is 1. The quantitative estimate of drug-likeness (QED) is 0.251. The van der Waals surface area contributed by atoms with Gasteiger partial charge in [0.05, 0.1) is 11.2 Å². The van der Waals surface area contributed by atoms with Crippen LogP contribution in [-0.2, 0) is 0 Å². The van der Waals surface area contributed by atoms with Crippen molar-refractivity contribution in [3.05, 3.63) is 78.9 Å². The molecule has 0 unspecified atom stereocenters. The summed E-state index contributed by atoms with van der Waals surface area (Å²) in [5.41, 5.74) is 9.17. The van der Waals surface area contributed by atoms with Gasteiger partial charge >= 0.3 is 12.1 Å². The van der Waals surface area contributed by atoms with E-state index < -0.39 is 14.3 Å². The summed E-state index contributed by atoms with van der Waals surface area (Å²) in [6, 6.07) is 23.3. The lowest BCUT2D eigenvalue weighted by Crippen LogP contribution is -2.43. The van der Waals surface area contributed by atoms with Crippen LogP contribution >= 0.6 is 0 Å². The summed E-state index contributed by atoms with van der Waals surface area (Å²) in [5, 5.41) is 6.71. The summed E-state index contributed by atoms with van der Waals surface area (Å²) >= 11 is 0. The Morgan fingerprint density at radius 1 is 0.861 bits per heavy atom. The normalized spacial score (nSPS) is 11.8. The zero-order chi connectivity index (χ0) is 26.1. The van der Waals surface area contributed by atoms with Crippen LogP contribution in [0.5, 0.6) is 5.75 Å². The van der Waals surface area contributed by atoms with Crippen LogP contribution in [0.25, 0.3) is 22.2 Å². The fraction of sp³-hybridized carbons (Fsp3) is 0.214. The van der Waals surface area contributed by atoms with E-state index in [1.165, 1.54) is 4.57 Å². The summed E-state index contributed by atoms with van der Waals surface area (Å²) in [7, 11) is -1.98. The maximum atomic E-state index is 12.6. The molecule has 1 heterocycles. The molecule has 4 rings (SSSR count). The molecule has 0 aliphatic carbocycles. The van der Waals surface area contributed by atoms with Crippen LogP contribution in [0.2, 0.25) is 18.1 Å². The Morgan fingerprint density at radius 3 is 2.19 bits per heavy atom. The lowest BCUT2D eigenvalue weighted by molar-refractivity contribution is 0.251. The van der Waals surface area contributed by atoms with Crippen molar-refractivity contribution < 1.29 is 14.0 Å². The number of primary amides is 1. The van der Waals surface area contributed by atoms with E-state index in [1.54, 1.807) is 12.1 Å². The molecule has 0 atom stereocenters. The van der Waals surface area contributed by atoms with Gasteiger partial charge in [-0.2, -0.15) is 0 Å². The topological polar surface area (TPSA) is 98.4 Å². The number of benzene rings is 3. The first-order valence-electron chi connectivity index (χ1n) is 11.8. The molecule has 36 heavy (non-hydrogen) atoms. The second-order valence-electron chi connectivity index (χ2n) is 10.3. The molecule has 4 aromatic rings. The Balaban J connectivity index is 1.46. The number of fused-ring (bicyclic) bond motifs is 1. The van der Waals surface area contributed by atoms with Crippen molar-refractivity contribution in [2.75, 3.05) is 10.6 Å². The third-order valence-corrected chi connectivity index (χ3v) is 11.0. The van der Waals surface area contributed by atoms with E-state index in [2.05, 4.69) is 44.5 Å². The van der Waals surface area contributed by atoms with Gasteiger partial charge in [-0.05, 0) is 60.1 Å². The number of nitrogens with two attached hydrogens (primary N) is 1. The third-order valence-electron chi connectivity index (χ3n) is 6.64. The number of carbonyl (C=O) groups excluding carboxylic acids is 2. The van der Waals surface area contributed by atoms with E-state index in [9.17, 15) is 9.59 Å². The summed E-state index contributed by atoms with van der Waals surface area (Å²) in [4.78, 5) is 24.8. The number of para-hydroxylation sites is 1. The monoisotopic (exact) mass is 500 g/mol. The SMILES string of the molecule is CC(C)(C)[Si](C)(C)Oc1cccc(NC(=O)Nc2ccc(-c3cc4ccccc4n3C(N)=O)cc2)c1. The van der Waals surface area contributed by atoms with Gasteiger partial charge in [0, 0.05) is 22.8 Å². The van der Waals surface area contributed by atoms with Crippen LogP contribution in [-0.4, -0.2) is 24.9 Å². The second kappa shape index (κ2) is 9.54. The molecule has 1 aromatic heterocycles. The minimum Gasteiger partial charge on any atom is -0.543 e. The van der Waals surface area contributed by atoms with Crippen LogP contribution in [0, 0.1) is 0 Å². The summed E-state index contributed by atoms with van der Waals surface area (Å²) in [6.45, 7) is 10.9. The number of nitrogens with zero attached hydrogens (tertiary/aromatic N) is 1. The number of rotatable bonds is 5. The second-order valence-corrected chi connectivity index (χ2v) is 15.0. The van der Waals surface area contributed by atoms with Crippen molar-refractivity contribution in [3.63, 3.8) is 0 Å². The first-order valence-corrected chi connectivity index (χ1v) is 14.7. The smallest absolute Gasteiger partial charge is 0.323 e. The van der Waals surface area contributed by atoms with Crippen LogP contribution in [0.4, 0.5) is 21.0 Å². The summed E-state index contributed by atoms with van der Waals surface area (Å²) in [5.74, 6) is 0.744. The standard InChI is InChI=1S/C28H32N4O3Si/c1-28(2,3)36(4,5)35-23-11-8-10-22(18-23)31-27(34)30-21-15-13-19(14-16-21)25-17-20-9-6-7-12-24(20)32(25)26(29)33/h6-18H,1-5H3,(H2,29,33)(H2,30,31,34). The Bertz CT molecular complexity index is 1420. The van der Waals surface area contributed by atoms with E-state index in [0.29, 0.717) is 17.1 Å². The number of hydrogen-bond donors (Lipinski definition) is 3. The lowest BCUT2D eigenvalue weighted by atomic mass is 10.1. The van der Waals surface area contributed by atoms with E-state index in [0.717, 1.165) is 22.2 Å². The fourth-order valence-electron chi connectivity index (χ4n) is 3.71. The van der Waals surface area contributed by atoms with Crippen LogP contribution in [0.3, 0.4) is 0 Å². The van der Waals surface area contributed by atoms with Gasteiger partial charge in [0.1, 0.15) is 5.75 Å². The van der Waals surface area contributed by atoms with E-state index in [4.69, 9.17) is 10.2 Å². The summed E-state index contributed by atoms with van der Waals surface area (Å²) < 4.78 is 7.83. The molecule has 7 nitrogen and oxygen atoms in total. The summed E-state index contributed by atoms with van der Waals surface area (Å²) in [6.07, 6.45) is 0. The molecule has 0 spiro atoms. The molecule has 186 valence electrons. The van der Waals surface area contributed by atoms with Gasteiger partial charge in [-0.3, -0.25) is 4.57 Å². The average molecular weight is 501 g/mol. The zero-order valence-corrected chi connectivity index (χ0v) is 22.3. The number of carbonyl (C=O) groups is 2. The van der Waals surface area contributed by atoms with Crippen LogP contribution < -0.4 is 20.8 Å². The Kier molecular flexibility index (Phi) is 6.64. The highest BCUT2D eigenvalue weighted by atomic mass is 28.4. The zero-order valence-electron chi connectivity index (χ0n) is 21.3. The van der Waals surface area contributed by atoms with Crippen molar-refractivity contribution in [3.8, 4) is 17.0 Å². The molecule has 3 amide bonds. The molecule has 4 N–H and O–H groups in total. The van der Waals surface area contributed by atoms with Crippen molar-refractivity contribution in [1.29, 1.82) is 0 Å². The van der Waals surface area contributed by atoms with Gasteiger partial charge in [0.25, 0.3) is 0 Å². The fourth-order valence-corrected chi connectivity index (χ4v) is 4.73. The number of anilines is 2. The first kappa shape index (κ1) is 25.1. The highest BCUT2D eigenvalue weighted by Gasteiger charge is 2.39. The molecule has 8 heteroatoms. The van der Waals surface area contributed by atoms with Gasteiger partial charge in [-0.15, -0.1) is 0 Å². The maximum absolute atomic E-state index is 12.6. The predicted octanol–water partition coefficient (Wildman–Crippen LogP) is 7.26. The first-order chi connectivity index (χ1) is 16.9. The third kappa shape index (κ3) is 5.28. The van der Waals surface area contributed by atoms with E-state index in [-0.39, 0.29) is 11.1 Å². The maximum Gasteiger partial charge on any atom is 0.323 e. The Hall–Kier alpha value is -4.04. The van der Waals surface area contributed by atoms with Crippen molar-refractivity contribution in [2.24, 2.45) is 5.73 Å². The van der Waals surface area contributed by atoms with Gasteiger partial charge in [-0.1, -0.05) is 57.2 Å². The number of urea groups is 1. The van der Waals surface area contributed by atoms with Gasteiger partial charge in [0.2, 0.25) is 8.32 Å². The molecule has 0 radical (unpaired) electrons. The molecule has 3 aromatic carbocycles. The van der Waals surface area contributed by atoms with E-state index in [1.807, 2.05) is 66.7 Å². The largest absolute Gasteiger partial charge is 0.543 e. The molecule has 0 saturated carbocycles. The minimum atomic E-state index is -1.98. The van der Waals surface area contributed by atoms with Gasteiger partial charge in [0.15, 0.2) is 0 Å². The van der Waals surface area contributed by atoms with Crippen LogP contribution in [0.15, 0.2) is 78.9 Å². The molecule has 0 saturated heterocycles. The van der Waals surface area contributed by atoms with Crippen molar-refractivity contribution in [1.82, 2.24) is 4.57 Å². The molecular weight excluding hydrogens is 468 g/mol. The highest BCUT2D eigenvalue weighted by Crippen LogP contribution is 2.37. The van der Waals surface area contributed by atoms with Crippen molar-refractivity contribution >= 4 is 42.7 Å².